The van der Waals surface area contributed by atoms with Gasteiger partial charge in [0.25, 0.3) is 0 Å². The van der Waals surface area contributed by atoms with Crippen LogP contribution in [0.5, 0.6) is 0 Å². The predicted octanol–water partition coefficient (Wildman–Crippen LogP) is 8.55. The van der Waals surface area contributed by atoms with Crippen molar-refractivity contribution in [3.63, 3.8) is 0 Å². The highest BCUT2D eigenvalue weighted by atomic mass is 35.6. The van der Waals surface area contributed by atoms with Crippen LogP contribution >= 0.6 is 11.1 Å². The van der Waals surface area contributed by atoms with Crippen LogP contribution in [-0.2, 0) is 0 Å². The van der Waals surface area contributed by atoms with E-state index in [2.05, 4.69) is 123 Å². The van der Waals surface area contributed by atoms with Gasteiger partial charge in [0.15, 0.2) is 16.5 Å². The number of hydrogen-bond acceptors (Lipinski definition) is 2. The molecule has 0 fully saturated rings. The summed E-state index contributed by atoms with van der Waals surface area (Å²) in [4.78, 5) is 0. The Balaban J connectivity index is 3.19. The molecule has 0 spiro atoms. The summed E-state index contributed by atoms with van der Waals surface area (Å²) in [7, 11) is -5.71. The molecule has 0 saturated carbocycles. The Hall–Kier alpha value is -1.06. The van der Waals surface area contributed by atoms with Gasteiger partial charge in [0.1, 0.15) is 0 Å². The lowest BCUT2D eigenvalue weighted by molar-refractivity contribution is 1.35. The second kappa shape index (κ2) is 10.1. The molecule has 2 aromatic rings. The molecule has 0 aliphatic rings. The van der Waals surface area contributed by atoms with Gasteiger partial charge >= 0.3 is 0 Å². The summed E-state index contributed by atoms with van der Waals surface area (Å²) < 4.78 is 11.3. The normalized spacial score (nSPS) is 15.9. The summed E-state index contributed by atoms with van der Waals surface area (Å²) >= 11 is 8.30. The lowest BCUT2D eigenvalue weighted by Crippen LogP contribution is -2.67. The van der Waals surface area contributed by atoms with Crippen LogP contribution in [0.3, 0.4) is 0 Å². The maximum absolute atomic E-state index is 8.30. The smallest absolute Gasteiger partial charge is 0.242 e. The number of benzene rings is 2. The third-order valence-corrected chi connectivity index (χ3v) is 26.1. The highest BCUT2D eigenvalue weighted by molar-refractivity contribution is 7.79. The highest BCUT2D eigenvalue weighted by Gasteiger charge is 2.55. The minimum Gasteiger partial charge on any atom is -0.328 e. The van der Waals surface area contributed by atoms with Crippen molar-refractivity contribution in [2.45, 2.75) is 86.6 Å². The molecule has 0 aliphatic heterocycles. The molecule has 2 aromatic carbocycles. The van der Waals surface area contributed by atoms with Crippen molar-refractivity contribution in [1.82, 2.24) is 0 Å². The zero-order valence-corrected chi connectivity index (χ0v) is 28.5. The van der Waals surface area contributed by atoms with Gasteiger partial charge in [0, 0.05) is 10.7 Å². The molecule has 2 rings (SSSR count). The quantitative estimate of drug-likeness (QED) is 0.189. The third-order valence-electron chi connectivity index (χ3n) is 6.02. The van der Waals surface area contributed by atoms with Crippen molar-refractivity contribution in [3.8, 4) is 0 Å². The molecular weight excluding hydrogens is 500 g/mol. The summed E-state index contributed by atoms with van der Waals surface area (Å²) in [6.45, 7) is 27.3. The average Bonchev–Trinajstić information content (AvgIpc) is 2.62. The predicted molar refractivity (Wildman–Crippen MR) is 167 cm³/mol. The largest absolute Gasteiger partial charge is 0.328 e. The second-order valence-electron chi connectivity index (χ2n) is 12.7. The van der Waals surface area contributed by atoms with Gasteiger partial charge in [0.05, 0.1) is 7.59 Å². The molecule has 0 bridgehead atoms. The molecular formula is C27H45ClN2Si4. The molecule has 7 heteroatoms. The topological polar surface area (TPSA) is 24.7 Å². The highest BCUT2D eigenvalue weighted by Crippen LogP contribution is 2.37. The van der Waals surface area contributed by atoms with E-state index in [0.29, 0.717) is 0 Å². The van der Waals surface area contributed by atoms with E-state index in [9.17, 15) is 0 Å². The Kier molecular flexibility index (Phi) is 8.69. The van der Waals surface area contributed by atoms with E-state index in [1.807, 2.05) is 0 Å². The van der Waals surface area contributed by atoms with Crippen molar-refractivity contribution < 1.29 is 0 Å². The minimum atomic E-state index is -2.86. The maximum Gasteiger partial charge on any atom is 0.242 e. The van der Waals surface area contributed by atoms with E-state index in [4.69, 9.17) is 20.4 Å². The van der Waals surface area contributed by atoms with Crippen molar-refractivity contribution in [2.75, 3.05) is 0 Å². The van der Waals surface area contributed by atoms with E-state index in [0.717, 1.165) is 0 Å². The number of hydrogen-bond donors (Lipinski definition) is 0. The summed E-state index contributed by atoms with van der Waals surface area (Å²) in [5.41, 5.74) is 7.60. The molecule has 0 aromatic heterocycles. The van der Waals surface area contributed by atoms with Gasteiger partial charge in [-0.15, -0.1) is 0 Å². The van der Waals surface area contributed by atoms with E-state index in [-0.39, 0.29) is 0 Å². The number of rotatable bonds is 7. The maximum atomic E-state index is 8.30. The molecule has 34 heavy (non-hydrogen) atoms. The van der Waals surface area contributed by atoms with Crippen LogP contribution in [0.25, 0.3) is 0 Å². The lowest BCUT2D eigenvalue weighted by Gasteiger charge is -2.41. The molecule has 0 heterocycles. The van der Waals surface area contributed by atoms with Gasteiger partial charge in [-0.2, -0.15) is 11.1 Å². The van der Waals surface area contributed by atoms with Crippen molar-refractivity contribution in [1.29, 1.82) is 0 Å². The van der Waals surface area contributed by atoms with Gasteiger partial charge in [-0.1, -0.05) is 56.0 Å². The van der Waals surface area contributed by atoms with Crippen LogP contribution in [0.4, 0.5) is 0 Å². The van der Waals surface area contributed by atoms with E-state index < -0.39 is 31.0 Å². The standard InChI is InChI=1S/C27H45ClN2Si4/c1-20-16-14-17-21(2)24(20)26(29-31(5,6)7)34(28,33(11,12)13)27(30-32(8,9)10)25-22(3)18-15-19-23(25)4/h14-19H,1-13H3/b29-26+,30-27+. The average molecular weight is 545 g/mol. The Morgan fingerprint density at radius 3 is 1.03 bits per heavy atom. The molecule has 0 aliphatic carbocycles. The van der Waals surface area contributed by atoms with Gasteiger partial charge in [-0.25, -0.2) is 0 Å². The van der Waals surface area contributed by atoms with Crippen LogP contribution in [0.15, 0.2) is 45.7 Å². The van der Waals surface area contributed by atoms with Crippen LogP contribution in [0.2, 0.25) is 58.9 Å². The number of aryl methyl sites for hydroxylation is 4. The Morgan fingerprint density at radius 1 is 0.559 bits per heavy atom. The molecule has 0 radical (unpaired) electrons. The van der Waals surface area contributed by atoms with Gasteiger partial charge in [-0.3, -0.25) is 0 Å². The minimum absolute atomic E-state index is 1.18. The first kappa shape index (κ1) is 29.2. The molecule has 0 saturated heterocycles. The number of halogens is 1. The van der Waals surface area contributed by atoms with E-state index >= 15 is 0 Å². The molecule has 0 N–H and O–H groups in total. The summed E-state index contributed by atoms with van der Waals surface area (Å²) in [5.74, 6) is 0. The SMILES string of the molecule is Cc1cccc(C)c1/C(=N\[Si](C)(C)C)[Si](Cl)(/C(=N/[Si](C)(C)C)c1c(C)cccc1C)[Si](C)(C)C. The van der Waals surface area contributed by atoms with Crippen molar-refractivity contribution in [3.05, 3.63) is 69.8 Å². The molecule has 2 nitrogen and oxygen atoms in total. The fourth-order valence-corrected chi connectivity index (χ4v) is 19.8. The first-order valence-electron chi connectivity index (χ1n) is 12.3. The number of nitrogens with zero attached hydrogens (tertiary/aromatic N) is 2. The first-order chi connectivity index (χ1) is 15.3. The van der Waals surface area contributed by atoms with E-state index in [1.54, 1.807) is 0 Å². The fraction of sp³-hybridized carbons (Fsp3) is 0.481. The van der Waals surface area contributed by atoms with Gasteiger partial charge < -0.3 is 9.32 Å². The van der Waals surface area contributed by atoms with Gasteiger partial charge in [-0.05, 0) is 100 Å². The van der Waals surface area contributed by atoms with Crippen molar-refractivity contribution in [2.24, 2.45) is 9.32 Å². The lowest BCUT2D eigenvalue weighted by atomic mass is 10.0. The molecule has 0 atom stereocenters. The van der Waals surface area contributed by atoms with Crippen molar-refractivity contribution >= 4 is 52.7 Å². The van der Waals surface area contributed by atoms with Crippen LogP contribution in [0.1, 0.15) is 33.4 Å². The molecule has 0 unspecified atom stereocenters. The zero-order chi connectivity index (χ0) is 26.3. The Morgan fingerprint density at radius 2 is 0.824 bits per heavy atom. The van der Waals surface area contributed by atoms with Crippen LogP contribution < -0.4 is 0 Å². The van der Waals surface area contributed by atoms with Gasteiger partial charge in [0.2, 0.25) is 6.90 Å². The summed E-state index contributed by atoms with van der Waals surface area (Å²) in [6, 6.07) is 13.2. The zero-order valence-electron chi connectivity index (χ0n) is 23.7. The summed E-state index contributed by atoms with van der Waals surface area (Å²) in [6.07, 6.45) is 0. The fourth-order valence-electron chi connectivity index (χ4n) is 4.48. The molecule has 186 valence electrons. The first-order valence-corrected chi connectivity index (χ1v) is 26.7. The molecule has 0 amide bonds. The third kappa shape index (κ3) is 6.38. The Labute approximate surface area is 217 Å². The second-order valence-corrected chi connectivity index (χ2v) is 38.0. The van der Waals surface area contributed by atoms with Crippen LogP contribution in [-0.4, -0.2) is 41.6 Å². The monoisotopic (exact) mass is 544 g/mol. The van der Waals surface area contributed by atoms with E-state index in [1.165, 1.54) is 44.1 Å². The van der Waals surface area contributed by atoms with Crippen LogP contribution in [0, 0.1) is 27.7 Å². The summed E-state index contributed by atoms with van der Waals surface area (Å²) in [5, 5.41) is 2.37. The Bertz CT molecular complexity index is 997.